The predicted molar refractivity (Wildman–Crippen MR) is 108 cm³/mol. The van der Waals surface area contributed by atoms with Gasteiger partial charge in [0.2, 0.25) is 15.9 Å². The molecule has 1 aromatic carbocycles. The van der Waals surface area contributed by atoms with Gasteiger partial charge in [-0.15, -0.1) is 21.5 Å². The Morgan fingerprint density at radius 1 is 1.24 bits per heavy atom. The highest BCUT2D eigenvalue weighted by Crippen LogP contribution is 2.28. The zero-order valence-electron chi connectivity index (χ0n) is 15.2. The standard InChI is InChI=1S/C18H17ClN4O4S2/c19-14-6-2-1-5-12(14)10-20-29(25,26)15-9-13(11-28-15)16-21-22-17(27-16)18(24)23-7-3-4-8-23/h1-2,5-6,9,11,20H,3-4,7-8,10H2. The van der Waals surface area contributed by atoms with Gasteiger partial charge in [-0.1, -0.05) is 29.8 Å². The van der Waals surface area contributed by atoms with Crippen LogP contribution < -0.4 is 4.72 Å². The van der Waals surface area contributed by atoms with Gasteiger partial charge in [0.25, 0.3) is 0 Å². The quantitative estimate of drug-likeness (QED) is 0.615. The van der Waals surface area contributed by atoms with E-state index in [0.717, 1.165) is 24.2 Å². The Morgan fingerprint density at radius 2 is 2.00 bits per heavy atom. The van der Waals surface area contributed by atoms with Gasteiger partial charge in [-0.3, -0.25) is 4.79 Å². The molecule has 0 spiro atoms. The zero-order valence-corrected chi connectivity index (χ0v) is 17.6. The molecule has 29 heavy (non-hydrogen) atoms. The molecule has 3 heterocycles. The van der Waals surface area contributed by atoms with E-state index in [-0.39, 0.29) is 28.4 Å². The van der Waals surface area contributed by atoms with Crippen LogP contribution >= 0.6 is 22.9 Å². The third-order valence-corrected chi connectivity index (χ3v) is 7.71. The first kappa shape index (κ1) is 20.0. The number of hydrogen-bond donors (Lipinski definition) is 1. The van der Waals surface area contributed by atoms with E-state index in [4.69, 9.17) is 16.0 Å². The van der Waals surface area contributed by atoms with E-state index in [1.54, 1.807) is 34.5 Å². The van der Waals surface area contributed by atoms with Gasteiger partial charge in [0.15, 0.2) is 0 Å². The predicted octanol–water partition coefficient (Wildman–Crippen LogP) is 3.17. The summed E-state index contributed by atoms with van der Waals surface area (Å²) in [6.07, 6.45) is 1.92. The maximum absolute atomic E-state index is 12.6. The number of sulfonamides is 1. The lowest BCUT2D eigenvalue weighted by molar-refractivity contribution is 0.0754. The maximum Gasteiger partial charge on any atom is 0.311 e. The van der Waals surface area contributed by atoms with Gasteiger partial charge in [-0.2, -0.15) is 0 Å². The molecular weight excluding hydrogens is 436 g/mol. The van der Waals surface area contributed by atoms with Crippen LogP contribution in [0, 0.1) is 0 Å². The van der Waals surface area contributed by atoms with Crippen LogP contribution in [0.25, 0.3) is 11.5 Å². The van der Waals surface area contributed by atoms with E-state index in [1.165, 1.54) is 6.07 Å². The van der Waals surface area contributed by atoms with Gasteiger partial charge >= 0.3 is 11.8 Å². The van der Waals surface area contributed by atoms with Crippen LogP contribution in [-0.4, -0.2) is 42.5 Å². The second kappa shape index (κ2) is 8.23. The van der Waals surface area contributed by atoms with Gasteiger partial charge in [-0.05, 0) is 30.5 Å². The minimum absolute atomic E-state index is 0.0737. The van der Waals surface area contributed by atoms with Crippen molar-refractivity contribution in [3.8, 4) is 11.5 Å². The lowest BCUT2D eigenvalue weighted by Crippen LogP contribution is -2.27. The lowest BCUT2D eigenvalue weighted by atomic mass is 10.2. The highest BCUT2D eigenvalue weighted by atomic mass is 35.5. The topological polar surface area (TPSA) is 105 Å². The average Bonchev–Trinajstić information content (AvgIpc) is 3.48. The second-order valence-electron chi connectivity index (χ2n) is 6.48. The van der Waals surface area contributed by atoms with Crippen LogP contribution in [-0.2, 0) is 16.6 Å². The second-order valence-corrected chi connectivity index (χ2v) is 9.79. The van der Waals surface area contributed by atoms with E-state index in [1.807, 2.05) is 0 Å². The molecule has 1 aliphatic rings. The van der Waals surface area contributed by atoms with E-state index in [9.17, 15) is 13.2 Å². The number of aromatic nitrogens is 2. The molecule has 1 saturated heterocycles. The normalized spacial score (nSPS) is 14.4. The largest absolute Gasteiger partial charge is 0.412 e. The molecule has 0 bridgehead atoms. The molecule has 8 nitrogen and oxygen atoms in total. The molecule has 11 heteroatoms. The van der Waals surface area contributed by atoms with Crippen molar-refractivity contribution >= 4 is 38.9 Å². The van der Waals surface area contributed by atoms with Crippen molar-refractivity contribution in [2.24, 2.45) is 0 Å². The Kier molecular flexibility index (Phi) is 5.68. The maximum atomic E-state index is 12.6. The van der Waals surface area contributed by atoms with Gasteiger partial charge in [0, 0.05) is 30.0 Å². The van der Waals surface area contributed by atoms with E-state index in [0.29, 0.717) is 29.2 Å². The Labute approximate surface area is 176 Å². The summed E-state index contributed by atoms with van der Waals surface area (Å²) in [6.45, 7) is 1.42. The number of nitrogens with zero attached hydrogens (tertiary/aromatic N) is 3. The van der Waals surface area contributed by atoms with Crippen LogP contribution in [0.15, 0.2) is 44.3 Å². The average molecular weight is 453 g/mol. The number of rotatable bonds is 6. The van der Waals surface area contributed by atoms with Gasteiger partial charge in [-0.25, -0.2) is 13.1 Å². The van der Waals surface area contributed by atoms with Crippen molar-refractivity contribution in [1.29, 1.82) is 0 Å². The summed E-state index contributed by atoms with van der Waals surface area (Å²) in [5, 5.41) is 9.79. The number of carbonyl (C=O) groups is 1. The first-order valence-corrected chi connectivity index (χ1v) is 11.6. The van der Waals surface area contributed by atoms with Crippen LogP contribution in [0.3, 0.4) is 0 Å². The van der Waals surface area contributed by atoms with Crippen molar-refractivity contribution < 1.29 is 17.6 Å². The molecule has 3 aromatic rings. The minimum atomic E-state index is -3.74. The van der Waals surface area contributed by atoms with Crippen molar-refractivity contribution in [3.63, 3.8) is 0 Å². The van der Waals surface area contributed by atoms with Crippen LogP contribution in [0.1, 0.15) is 29.1 Å². The summed E-state index contributed by atoms with van der Waals surface area (Å²) in [4.78, 5) is 14.0. The minimum Gasteiger partial charge on any atom is -0.412 e. The molecule has 152 valence electrons. The van der Waals surface area contributed by atoms with Crippen molar-refractivity contribution in [2.45, 2.75) is 23.6 Å². The molecule has 1 amide bonds. The van der Waals surface area contributed by atoms with Crippen molar-refractivity contribution in [1.82, 2.24) is 19.8 Å². The number of thiophene rings is 1. The highest BCUT2D eigenvalue weighted by molar-refractivity contribution is 7.91. The number of nitrogens with one attached hydrogen (secondary N) is 1. The number of amides is 1. The summed E-state index contributed by atoms with van der Waals surface area (Å²) < 4.78 is 33.3. The monoisotopic (exact) mass is 452 g/mol. The molecule has 4 rings (SSSR count). The van der Waals surface area contributed by atoms with Gasteiger partial charge in [0.1, 0.15) is 4.21 Å². The fourth-order valence-corrected chi connectivity index (χ4v) is 5.34. The van der Waals surface area contributed by atoms with Crippen LogP contribution in [0.5, 0.6) is 0 Å². The number of halogens is 1. The molecule has 1 N–H and O–H groups in total. The molecular formula is C18H17ClN4O4S2. The Morgan fingerprint density at radius 3 is 2.76 bits per heavy atom. The van der Waals surface area contributed by atoms with Gasteiger partial charge in [0.05, 0.1) is 5.56 Å². The number of likely N-dealkylation sites (tertiary alicyclic amines) is 1. The summed E-state index contributed by atoms with van der Waals surface area (Å²) >= 11 is 7.09. The summed E-state index contributed by atoms with van der Waals surface area (Å²) in [5.74, 6) is -0.281. The molecule has 1 fully saturated rings. The van der Waals surface area contributed by atoms with Crippen LogP contribution in [0.4, 0.5) is 0 Å². The molecule has 1 aliphatic heterocycles. The first-order chi connectivity index (χ1) is 13.9. The SMILES string of the molecule is O=C(c1nnc(-c2csc(S(=O)(=O)NCc3ccccc3Cl)c2)o1)N1CCCC1. The van der Waals surface area contributed by atoms with Gasteiger partial charge < -0.3 is 9.32 Å². The summed E-state index contributed by atoms with van der Waals surface area (Å²) in [6, 6.07) is 8.46. The number of hydrogen-bond acceptors (Lipinski definition) is 7. The van der Waals surface area contributed by atoms with Crippen molar-refractivity contribution in [3.05, 3.63) is 52.2 Å². The lowest BCUT2D eigenvalue weighted by Gasteiger charge is -2.11. The Hall–Kier alpha value is -2.27. The number of carbonyl (C=O) groups excluding carboxylic acids is 1. The van der Waals surface area contributed by atoms with Crippen molar-refractivity contribution in [2.75, 3.05) is 13.1 Å². The molecule has 0 unspecified atom stereocenters. The summed E-state index contributed by atoms with van der Waals surface area (Å²) in [5.41, 5.74) is 1.12. The number of benzene rings is 1. The molecule has 0 radical (unpaired) electrons. The zero-order chi connectivity index (χ0) is 20.4. The highest BCUT2D eigenvalue weighted by Gasteiger charge is 2.26. The Balaban J connectivity index is 1.48. The Bertz CT molecular complexity index is 1140. The van der Waals surface area contributed by atoms with E-state index >= 15 is 0 Å². The molecule has 0 saturated carbocycles. The van der Waals surface area contributed by atoms with E-state index < -0.39 is 10.0 Å². The smallest absolute Gasteiger partial charge is 0.311 e. The third-order valence-electron chi connectivity index (χ3n) is 4.50. The molecule has 0 aliphatic carbocycles. The van der Waals surface area contributed by atoms with E-state index in [2.05, 4.69) is 14.9 Å². The molecule has 2 aromatic heterocycles. The fraction of sp³-hybridized carbons (Fsp3) is 0.278. The fourth-order valence-electron chi connectivity index (χ4n) is 2.94. The first-order valence-electron chi connectivity index (χ1n) is 8.89. The molecule has 0 atom stereocenters. The summed E-state index contributed by atoms with van der Waals surface area (Å²) in [7, 11) is -3.74. The van der Waals surface area contributed by atoms with Crippen LogP contribution in [0.2, 0.25) is 5.02 Å². The third kappa shape index (κ3) is 4.35.